The Morgan fingerprint density at radius 1 is 1.14 bits per heavy atom. The summed E-state index contributed by atoms with van der Waals surface area (Å²) >= 11 is 0. The van der Waals surface area contributed by atoms with Crippen molar-refractivity contribution in [3.63, 3.8) is 0 Å². The predicted octanol–water partition coefficient (Wildman–Crippen LogP) is 2.84. The quantitative estimate of drug-likeness (QED) is 0.772. The Balaban J connectivity index is 1.67. The first-order valence-electron chi connectivity index (χ1n) is 6.88. The molecule has 5 nitrogen and oxygen atoms in total. The van der Waals surface area contributed by atoms with Crippen LogP contribution in [0.1, 0.15) is 17.5 Å². The second-order valence-electron chi connectivity index (χ2n) is 4.97. The predicted molar refractivity (Wildman–Crippen MR) is 82.0 cm³/mol. The fourth-order valence-electron chi connectivity index (χ4n) is 2.32. The smallest absolute Gasteiger partial charge is 0.224 e. The van der Waals surface area contributed by atoms with Gasteiger partial charge in [0, 0.05) is 6.42 Å². The van der Waals surface area contributed by atoms with Crippen LogP contribution in [-0.4, -0.2) is 21.3 Å². The molecule has 106 valence electrons. The molecule has 21 heavy (non-hydrogen) atoms. The minimum absolute atomic E-state index is 0.0197. The van der Waals surface area contributed by atoms with E-state index in [4.69, 9.17) is 0 Å². The van der Waals surface area contributed by atoms with E-state index in [0.717, 1.165) is 11.9 Å². The van der Waals surface area contributed by atoms with Crippen molar-refractivity contribution in [1.29, 1.82) is 0 Å². The Morgan fingerprint density at radius 2 is 2.00 bits per heavy atom. The highest BCUT2D eigenvalue weighted by Gasteiger charge is 2.09. The molecule has 0 saturated heterocycles. The fourth-order valence-corrected chi connectivity index (χ4v) is 2.32. The number of para-hydroxylation sites is 1. The third-order valence-corrected chi connectivity index (χ3v) is 3.50. The van der Waals surface area contributed by atoms with Gasteiger partial charge in [-0.2, -0.15) is 15.4 Å². The summed E-state index contributed by atoms with van der Waals surface area (Å²) in [4.78, 5) is 12.1. The number of H-pyrrole nitrogens is 1. The third-order valence-electron chi connectivity index (χ3n) is 3.50. The standard InChI is InChI=1S/C16H16N4O/c1-11-5-2-3-6-12(11)9-10-15(21)17-13-7-4-8-14-16(13)19-20-18-14/h2-8H,9-10H2,1H3,(H,17,21)(H,18,19,20). The number of carbonyl (C=O) groups is 1. The van der Waals surface area contributed by atoms with Crippen LogP contribution < -0.4 is 5.32 Å². The van der Waals surface area contributed by atoms with Crippen molar-refractivity contribution >= 4 is 22.6 Å². The maximum atomic E-state index is 12.1. The molecule has 0 bridgehead atoms. The Labute approximate surface area is 122 Å². The summed E-state index contributed by atoms with van der Waals surface area (Å²) in [6, 6.07) is 13.6. The van der Waals surface area contributed by atoms with Crippen LogP contribution in [0.5, 0.6) is 0 Å². The number of benzene rings is 2. The number of hydrogen-bond donors (Lipinski definition) is 2. The van der Waals surface area contributed by atoms with Crippen LogP contribution in [0.15, 0.2) is 42.5 Å². The second-order valence-corrected chi connectivity index (χ2v) is 4.97. The van der Waals surface area contributed by atoms with Crippen molar-refractivity contribution in [2.45, 2.75) is 19.8 Å². The number of aryl methyl sites for hydroxylation is 2. The molecule has 0 aliphatic rings. The van der Waals surface area contributed by atoms with Crippen molar-refractivity contribution in [3.8, 4) is 0 Å². The van der Waals surface area contributed by atoms with Gasteiger partial charge in [0.1, 0.15) is 11.0 Å². The molecule has 3 aromatic rings. The zero-order valence-electron chi connectivity index (χ0n) is 11.8. The average Bonchev–Trinajstić information content (AvgIpc) is 2.96. The van der Waals surface area contributed by atoms with Crippen molar-refractivity contribution in [2.24, 2.45) is 0 Å². The first-order chi connectivity index (χ1) is 10.2. The minimum Gasteiger partial charge on any atom is -0.324 e. The molecule has 0 atom stereocenters. The molecular formula is C16H16N4O. The van der Waals surface area contributed by atoms with E-state index < -0.39 is 0 Å². The molecule has 1 amide bonds. The zero-order valence-corrected chi connectivity index (χ0v) is 11.8. The Kier molecular flexibility index (Phi) is 3.64. The lowest BCUT2D eigenvalue weighted by atomic mass is 10.0. The number of nitrogens with one attached hydrogen (secondary N) is 2. The SMILES string of the molecule is Cc1ccccc1CCC(=O)Nc1cccc2n[nH]nc12. The Bertz CT molecular complexity index is 779. The maximum Gasteiger partial charge on any atom is 0.224 e. The highest BCUT2D eigenvalue weighted by atomic mass is 16.1. The highest BCUT2D eigenvalue weighted by molar-refractivity contribution is 5.99. The summed E-state index contributed by atoms with van der Waals surface area (Å²) in [6.45, 7) is 2.06. The average molecular weight is 280 g/mol. The van der Waals surface area contributed by atoms with E-state index in [-0.39, 0.29) is 5.91 Å². The monoisotopic (exact) mass is 280 g/mol. The van der Waals surface area contributed by atoms with Gasteiger partial charge in [-0.05, 0) is 36.6 Å². The molecule has 2 N–H and O–H groups in total. The fraction of sp³-hybridized carbons (Fsp3) is 0.188. The Morgan fingerprint density at radius 3 is 2.86 bits per heavy atom. The van der Waals surface area contributed by atoms with E-state index in [0.29, 0.717) is 17.6 Å². The largest absolute Gasteiger partial charge is 0.324 e. The Hall–Kier alpha value is -2.69. The lowest BCUT2D eigenvalue weighted by molar-refractivity contribution is -0.116. The summed E-state index contributed by atoms with van der Waals surface area (Å²) in [6.07, 6.45) is 1.17. The number of aromatic nitrogens is 3. The zero-order chi connectivity index (χ0) is 14.7. The number of fused-ring (bicyclic) bond motifs is 1. The second kappa shape index (κ2) is 5.75. The molecule has 0 fully saturated rings. The molecule has 0 aliphatic carbocycles. The van der Waals surface area contributed by atoms with Crippen molar-refractivity contribution < 1.29 is 4.79 Å². The molecule has 3 rings (SSSR count). The van der Waals surface area contributed by atoms with E-state index >= 15 is 0 Å². The van der Waals surface area contributed by atoms with Crippen LogP contribution in [0, 0.1) is 6.92 Å². The van der Waals surface area contributed by atoms with Crippen molar-refractivity contribution in [2.75, 3.05) is 5.32 Å². The van der Waals surface area contributed by atoms with Gasteiger partial charge in [0.15, 0.2) is 0 Å². The molecule has 0 saturated carbocycles. The van der Waals surface area contributed by atoms with Crippen molar-refractivity contribution in [1.82, 2.24) is 15.4 Å². The molecule has 1 aromatic heterocycles. The van der Waals surface area contributed by atoms with Crippen LogP contribution in [-0.2, 0) is 11.2 Å². The van der Waals surface area contributed by atoms with Gasteiger partial charge in [-0.1, -0.05) is 30.3 Å². The molecule has 0 radical (unpaired) electrons. The van der Waals surface area contributed by atoms with Gasteiger partial charge in [0.2, 0.25) is 5.91 Å². The van der Waals surface area contributed by atoms with Gasteiger partial charge in [-0.25, -0.2) is 0 Å². The summed E-state index contributed by atoms with van der Waals surface area (Å²) in [5, 5.41) is 13.5. The molecule has 0 aliphatic heterocycles. The first kappa shape index (κ1) is 13.3. The molecule has 0 unspecified atom stereocenters. The normalized spacial score (nSPS) is 10.7. The first-order valence-corrected chi connectivity index (χ1v) is 6.88. The summed E-state index contributed by atoms with van der Waals surface area (Å²) < 4.78 is 0. The van der Waals surface area contributed by atoms with Gasteiger partial charge >= 0.3 is 0 Å². The molecular weight excluding hydrogens is 264 g/mol. The van der Waals surface area contributed by atoms with Crippen LogP contribution in [0.25, 0.3) is 11.0 Å². The van der Waals surface area contributed by atoms with E-state index in [1.165, 1.54) is 11.1 Å². The summed E-state index contributed by atoms with van der Waals surface area (Å²) in [7, 11) is 0. The number of amides is 1. The van der Waals surface area contributed by atoms with Crippen LogP contribution in [0.3, 0.4) is 0 Å². The van der Waals surface area contributed by atoms with E-state index in [2.05, 4.69) is 39.8 Å². The number of rotatable bonds is 4. The maximum absolute atomic E-state index is 12.1. The van der Waals surface area contributed by atoms with Gasteiger partial charge < -0.3 is 5.32 Å². The van der Waals surface area contributed by atoms with Crippen molar-refractivity contribution in [3.05, 3.63) is 53.6 Å². The van der Waals surface area contributed by atoms with Crippen LogP contribution in [0.2, 0.25) is 0 Å². The van der Waals surface area contributed by atoms with Gasteiger partial charge in [0.05, 0.1) is 5.69 Å². The lowest BCUT2D eigenvalue weighted by Crippen LogP contribution is -2.12. The van der Waals surface area contributed by atoms with E-state index in [1.807, 2.05) is 30.3 Å². The van der Waals surface area contributed by atoms with Gasteiger partial charge in [-0.3, -0.25) is 4.79 Å². The van der Waals surface area contributed by atoms with E-state index in [1.54, 1.807) is 0 Å². The topological polar surface area (TPSA) is 70.7 Å². The van der Waals surface area contributed by atoms with Gasteiger partial charge in [-0.15, -0.1) is 0 Å². The molecule has 2 aromatic carbocycles. The molecule has 1 heterocycles. The van der Waals surface area contributed by atoms with Crippen LogP contribution >= 0.6 is 0 Å². The van der Waals surface area contributed by atoms with Gasteiger partial charge in [0.25, 0.3) is 0 Å². The molecule has 5 heteroatoms. The number of aromatic amines is 1. The number of carbonyl (C=O) groups excluding carboxylic acids is 1. The highest BCUT2D eigenvalue weighted by Crippen LogP contribution is 2.19. The third kappa shape index (κ3) is 2.91. The number of hydrogen-bond acceptors (Lipinski definition) is 3. The number of anilines is 1. The minimum atomic E-state index is -0.0197. The summed E-state index contributed by atoms with van der Waals surface area (Å²) in [5.41, 5.74) is 4.53. The summed E-state index contributed by atoms with van der Waals surface area (Å²) in [5.74, 6) is -0.0197. The molecule has 0 spiro atoms. The number of nitrogens with zero attached hydrogens (tertiary/aromatic N) is 2. The van der Waals surface area contributed by atoms with E-state index in [9.17, 15) is 4.79 Å². The van der Waals surface area contributed by atoms with Crippen LogP contribution in [0.4, 0.5) is 5.69 Å². The lowest BCUT2D eigenvalue weighted by Gasteiger charge is -2.07.